The average Bonchev–Trinajstić information content (AvgIpc) is 2.49. The van der Waals surface area contributed by atoms with E-state index < -0.39 is 33.8 Å². The van der Waals surface area contributed by atoms with Gasteiger partial charge in [0.2, 0.25) is 0 Å². The molecule has 0 spiro atoms. The molecule has 0 aliphatic rings. The van der Waals surface area contributed by atoms with Gasteiger partial charge in [-0.05, 0) is 63.5 Å². The molecule has 0 saturated heterocycles. The lowest BCUT2D eigenvalue weighted by Gasteiger charge is -2.36. The summed E-state index contributed by atoms with van der Waals surface area (Å²) < 4.78 is 29.1. The van der Waals surface area contributed by atoms with Crippen molar-refractivity contribution >= 4 is 33.8 Å². The normalized spacial score (nSPS) is 14.3. The van der Waals surface area contributed by atoms with E-state index in [4.69, 9.17) is 21.8 Å². The van der Waals surface area contributed by atoms with E-state index in [2.05, 4.69) is 39.3 Å². The van der Waals surface area contributed by atoms with E-state index in [-0.39, 0.29) is 0 Å². The molecule has 5 nitrogen and oxygen atoms in total. The van der Waals surface area contributed by atoms with Gasteiger partial charge >= 0.3 is 17.1 Å². The summed E-state index contributed by atoms with van der Waals surface area (Å²) in [6.07, 6.45) is 0. The van der Waals surface area contributed by atoms with Crippen molar-refractivity contribution in [1.82, 2.24) is 0 Å². The van der Waals surface area contributed by atoms with Crippen molar-refractivity contribution in [3.05, 3.63) is 0 Å². The van der Waals surface area contributed by atoms with Crippen LogP contribution in [0.4, 0.5) is 0 Å². The first kappa shape index (κ1) is 23.7. The highest BCUT2D eigenvalue weighted by atomic mass is 28.4. The van der Waals surface area contributed by atoms with Gasteiger partial charge in [0.05, 0.1) is 0 Å². The lowest BCUT2D eigenvalue weighted by molar-refractivity contribution is 0.250. The molecule has 0 atom stereocenters. The Morgan fingerprint density at radius 1 is 0.478 bits per heavy atom. The molecular weight excluding hydrogens is 360 g/mol. The maximum atomic E-state index is 6.69. The second-order valence-electron chi connectivity index (χ2n) is 7.71. The second kappa shape index (κ2) is 9.39. The molecule has 0 aliphatic heterocycles. The van der Waals surface area contributed by atoms with Gasteiger partial charge in [0, 0.05) is 28.4 Å². The lowest BCUT2D eigenvalue weighted by atomic mass is 10.9. The summed E-state index contributed by atoms with van der Waals surface area (Å²) in [5, 5.41) is 0. The minimum Gasteiger partial charge on any atom is -0.456 e. The van der Waals surface area contributed by atoms with E-state index in [0.717, 1.165) is 24.2 Å². The fraction of sp³-hybridized carbons (Fsp3) is 1.00. The third-order valence-electron chi connectivity index (χ3n) is 4.64. The van der Waals surface area contributed by atoms with Gasteiger partial charge in [-0.25, -0.2) is 0 Å². The summed E-state index contributed by atoms with van der Waals surface area (Å²) in [6.45, 7) is 13.5. The van der Waals surface area contributed by atoms with Gasteiger partial charge in [-0.2, -0.15) is 0 Å². The molecule has 0 aromatic carbocycles. The third kappa shape index (κ3) is 9.07. The van der Waals surface area contributed by atoms with Crippen LogP contribution in [-0.4, -0.2) is 62.2 Å². The Balaban J connectivity index is 4.62. The van der Waals surface area contributed by atoms with E-state index in [0.29, 0.717) is 0 Å². The highest BCUT2D eigenvalue weighted by molar-refractivity contribution is 6.86. The molecule has 0 rings (SSSR count). The molecule has 0 bridgehead atoms. The summed E-state index contributed by atoms with van der Waals surface area (Å²) in [5.41, 5.74) is 0. The molecule has 0 amide bonds. The molecule has 0 aromatic heterocycles. The SMILES string of the molecule is CO[Si](C)(CC[Si](C)(C)O[Si](C)(C)CC[Si](C)(OC)OC)OC. The summed E-state index contributed by atoms with van der Waals surface area (Å²) in [7, 11) is -0.447. The van der Waals surface area contributed by atoms with Gasteiger partial charge < -0.3 is 21.8 Å². The van der Waals surface area contributed by atoms with Crippen LogP contribution in [0.15, 0.2) is 0 Å². The minimum absolute atomic E-state index is 0.992. The number of hydrogen-bond acceptors (Lipinski definition) is 5. The summed E-state index contributed by atoms with van der Waals surface area (Å²) in [4.78, 5) is 0. The molecule has 140 valence electrons. The van der Waals surface area contributed by atoms with Crippen molar-refractivity contribution in [2.45, 2.75) is 63.5 Å². The molecule has 0 saturated carbocycles. The van der Waals surface area contributed by atoms with Crippen LogP contribution in [0.2, 0.25) is 63.5 Å². The molecule has 0 N–H and O–H groups in total. The van der Waals surface area contributed by atoms with Gasteiger partial charge in [-0.1, -0.05) is 0 Å². The zero-order valence-corrected chi connectivity index (χ0v) is 20.9. The topological polar surface area (TPSA) is 46.2 Å². The molecule has 0 aliphatic carbocycles. The van der Waals surface area contributed by atoms with Crippen LogP contribution in [0.5, 0.6) is 0 Å². The standard InChI is InChI=1S/C14H38O5Si4/c1-15-22(9,16-2)13-11-20(5,6)19-21(7,8)12-14-23(10,17-3)18-4/h11-14H2,1-10H3. The second-order valence-corrected chi connectivity index (χ2v) is 23.7. The number of rotatable bonds is 12. The Bertz CT molecular complexity index is 312. The van der Waals surface area contributed by atoms with Crippen molar-refractivity contribution in [2.24, 2.45) is 0 Å². The fourth-order valence-electron chi connectivity index (χ4n) is 2.48. The van der Waals surface area contributed by atoms with E-state index in [1.165, 1.54) is 0 Å². The quantitative estimate of drug-likeness (QED) is 0.462. The largest absolute Gasteiger partial charge is 0.456 e. The highest BCUT2D eigenvalue weighted by Crippen LogP contribution is 2.29. The molecule has 9 heteroatoms. The monoisotopic (exact) mass is 398 g/mol. The van der Waals surface area contributed by atoms with Gasteiger partial charge in [0.25, 0.3) is 0 Å². The average molecular weight is 399 g/mol. The first-order valence-corrected chi connectivity index (χ1v) is 19.5. The van der Waals surface area contributed by atoms with Gasteiger partial charge in [-0.3, -0.25) is 0 Å². The summed E-state index contributed by atoms with van der Waals surface area (Å²) >= 11 is 0. The molecule has 0 heterocycles. The Kier molecular flexibility index (Phi) is 9.66. The molecule has 23 heavy (non-hydrogen) atoms. The van der Waals surface area contributed by atoms with E-state index >= 15 is 0 Å². The maximum absolute atomic E-state index is 6.69. The third-order valence-corrected chi connectivity index (χ3v) is 18.7. The predicted molar refractivity (Wildman–Crippen MR) is 107 cm³/mol. The summed E-state index contributed by atoms with van der Waals surface area (Å²) in [5.74, 6) is 0. The van der Waals surface area contributed by atoms with Crippen LogP contribution < -0.4 is 0 Å². The molecular formula is C14H38O5Si4. The van der Waals surface area contributed by atoms with Crippen molar-refractivity contribution in [3.63, 3.8) is 0 Å². The van der Waals surface area contributed by atoms with Crippen LogP contribution in [-0.2, 0) is 21.8 Å². The van der Waals surface area contributed by atoms with Crippen molar-refractivity contribution < 1.29 is 21.8 Å². The van der Waals surface area contributed by atoms with Crippen LogP contribution in [0, 0.1) is 0 Å². The Hall–Kier alpha value is 0.668. The van der Waals surface area contributed by atoms with Gasteiger partial charge in [-0.15, -0.1) is 0 Å². The summed E-state index contributed by atoms with van der Waals surface area (Å²) in [6, 6.07) is 4.15. The van der Waals surface area contributed by atoms with E-state index in [1.54, 1.807) is 28.4 Å². The number of hydrogen-bond donors (Lipinski definition) is 0. The van der Waals surface area contributed by atoms with E-state index in [1.807, 2.05) is 0 Å². The molecule has 0 unspecified atom stereocenters. The van der Waals surface area contributed by atoms with Crippen LogP contribution >= 0.6 is 0 Å². The maximum Gasteiger partial charge on any atom is 0.334 e. The predicted octanol–water partition coefficient (Wildman–Crippen LogP) is 4.14. The first-order valence-electron chi connectivity index (χ1n) is 8.27. The zero-order valence-electron chi connectivity index (χ0n) is 16.9. The highest BCUT2D eigenvalue weighted by Gasteiger charge is 2.39. The van der Waals surface area contributed by atoms with Crippen LogP contribution in [0.3, 0.4) is 0 Å². The zero-order chi connectivity index (χ0) is 18.4. The Morgan fingerprint density at radius 3 is 0.957 bits per heavy atom. The molecule has 0 radical (unpaired) electrons. The lowest BCUT2D eigenvalue weighted by Crippen LogP contribution is -2.48. The molecule has 0 fully saturated rings. The fourth-order valence-corrected chi connectivity index (χ4v) is 18.9. The van der Waals surface area contributed by atoms with Crippen molar-refractivity contribution in [1.29, 1.82) is 0 Å². The Morgan fingerprint density at radius 2 is 0.739 bits per heavy atom. The van der Waals surface area contributed by atoms with Crippen molar-refractivity contribution in [2.75, 3.05) is 28.4 Å². The van der Waals surface area contributed by atoms with Crippen LogP contribution in [0.25, 0.3) is 0 Å². The van der Waals surface area contributed by atoms with Gasteiger partial charge in [0.1, 0.15) is 0 Å². The smallest absolute Gasteiger partial charge is 0.334 e. The van der Waals surface area contributed by atoms with Crippen molar-refractivity contribution in [3.8, 4) is 0 Å². The molecule has 0 aromatic rings. The van der Waals surface area contributed by atoms with E-state index in [9.17, 15) is 0 Å². The van der Waals surface area contributed by atoms with Crippen LogP contribution in [0.1, 0.15) is 0 Å². The van der Waals surface area contributed by atoms with Gasteiger partial charge in [0.15, 0.2) is 16.6 Å². The Labute approximate surface area is 147 Å². The first-order chi connectivity index (χ1) is 10.4. The minimum atomic E-state index is -2.01.